The summed E-state index contributed by atoms with van der Waals surface area (Å²) in [5, 5.41) is 3.08. The van der Waals surface area contributed by atoms with Crippen molar-refractivity contribution in [3.63, 3.8) is 0 Å². The van der Waals surface area contributed by atoms with Crippen molar-refractivity contribution < 1.29 is 17.9 Å². The summed E-state index contributed by atoms with van der Waals surface area (Å²) in [6.45, 7) is 3.83. The van der Waals surface area contributed by atoms with Crippen molar-refractivity contribution in [2.75, 3.05) is 11.8 Å². The number of ether oxygens (including phenoxy) is 1. The van der Waals surface area contributed by atoms with Gasteiger partial charge in [-0.2, -0.15) is 0 Å². The monoisotopic (exact) mass is 396 g/mol. The molecule has 0 saturated heterocycles. The Hall–Kier alpha value is -2.25. The Morgan fingerprint density at radius 1 is 1.23 bits per heavy atom. The quantitative estimate of drug-likeness (QED) is 0.747. The van der Waals surface area contributed by atoms with Crippen LogP contribution < -0.4 is 14.8 Å². The summed E-state index contributed by atoms with van der Waals surface area (Å²) in [6.07, 6.45) is 0.763. The number of carbonyl (C=O) groups excluding carboxylic acids is 1. The van der Waals surface area contributed by atoms with Crippen LogP contribution in [-0.2, 0) is 10.0 Å². The Kier molecular flexibility index (Phi) is 6.50. The summed E-state index contributed by atoms with van der Waals surface area (Å²) in [5.41, 5.74) is 0.410. The highest BCUT2D eigenvalue weighted by molar-refractivity contribution is 7.92. The number of anilines is 1. The van der Waals surface area contributed by atoms with E-state index in [4.69, 9.17) is 16.3 Å². The lowest BCUT2D eigenvalue weighted by molar-refractivity contribution is 0.0940. The number of nitrogens with one attached hydrogen (secondary N) is 2. The Morgan fingerprint density at radius 3 is 2.58 bits per heavy atom. The van der Waals surface area contributed by atoms with E-state index in [-0.39, 0.29) is 38.9 Å². The molecule has 8 heteroatoms. The van der Waals surface area contributed by atoms with Gasteiger partial charge in [-0.3, -0.25) is 9.52 Å². The van der Waals surface area contributed by atoms with Crippen LogP contribution >= 0.6 is 11.6 Å². The van der Waals surface area contributed by atoms with Gasteiger partial charge < -0.3 is 10.1 Å². The molecular formula is C18H21ClN2O4S. The average molecular weight is 397 g/mol. The maximum atomic E-state index is 12.8. The van der Waals surface area contributed by atoms with Crippen LogP contribution in [-0.4, -0.2) is 27.5 Å². The molecule has 0 aliphatic carbocycles. The molecular weight excluding hydrogens is 376 g/mol. The normalized spacial score (nSPS) is 12.3. The number of hydrogen-bond acceptors (Lipinski definition) is 4. The molecule has 0 aliphatic heterocycles. The number of methoxy groups -OCH3 is 1. The molecule has 0 fully saturated rings. The highest BCUT2D eigenvalue weighted by Gasteiger charge is 2.23. The van der Waals surface area contributed by atoms with Gasteiger partial charge in [-0.05, 0) is 43.7 Å². The van der Waals surface area contributed by atoms with E-state index in [1.54, 1.807) is 18.2 Å². The first-order valence-electron chi connectivity index (χ1n) is 8.04. The first kappa shape index (κ1) is 20.1. The molecule has 0 saturated carbocycles. The molecule has 1 amide bonds. The van der Waals surface area contributed by atoms with Gasteiger partial charge in [0.05, 0.1) is 18.4 Å². The summed E-state index contributed by atoms with van der Waals surface area (Å²) in [4.78, 5) is 12.3. The predicted octanol–water partition coefficient (Wildman–Crippen LogP) is 3.68. The minimum Gasteiger partial charge on any atom is -0.495 e. The second kappa shape index (κ2) is 8.42. The van der Waals surface area contributed by atoms with Crippen LogP contribution in [0.3, 0.4) is 0 Å². The third-order valence-corrected chi connectivity index (χ3v) is 5.44. The molecule has 2 N–H and O–H groups in total. The van der Waals surface area contributed by atoms with Crippen molar-refractivity contribution in [2.24, 2.45) is 0 Å². The van der Waals surface area contributed by atoms with Crippen LogP contribution in [0.5, 0.6) is 5.75 Å². The SMILES string of the molecule is CCC(C)NC(=O)c1ccccc1NS(=O)(=O)c1cc(Cl)ccc1OC. The zero-order valence-corrected chi connectivity index (χ0v) is 16.3. The molecule has 26 heavy (non-hydrogen) atoms. The number of benzene rings is 2. The Morgan fingerprint density at radius 2 is 1.92 bits per heavy atom. The lowest BCUT2D eigenvalue weighted by atomic mass is 10.1. The van der Waals surface area contributed by atoms with Gasteiger partial charge in [0.15, 0.2) is 0 Å². The smallest absolute Gasteiger partial charge is 0.265 e. The zero-order valence-electron chi connectivity index (χ0n) is 14.7. The third kappa shape index (κ3) is 4.68. The van der Waals surface area contributed by atoms with Crippen molar-refractivity contribution in [2.45, 2.75) is 31.2 Å². The van der Waals surface area contributed by atoms with Crippen molar-refractivity contribution >= 4 is 33.2 Å². The molecule has 6 nitrogen and oxygen atoms in total. The topological polar surface area (TPSA) is 84.5 Å². The van der Waals surface area contributed by atoms with E-state index in [2.05, 4.69) is 10.0 Å². The van der Waals surface area contributed by atoms with Crippen LogP contribution in [0, 0.1) is 0 Å². The Balaban J connectivity index is 2.40. The van der Waals surface area contributed by atoms with Crippen molar-refractivity contribution in [1.82, 2.24) is 5.32 Å². The van der Waals surface area contributed by atoms with Crippen LogP contribution in [0.15, 0.2) is 47.4 Å². The van der Waals surface area contributed by atoms with Gasteiger partial charge in [-0.25, -0.2) is 8.42 Å². The lowest BCUT2D eigenvalue weighted by Gasteiger charge is -2.16. The molecule has 140 valence electrons. The van der Waals surface area contributed by atoms with Gasteiger partial charge in [0.25, 0.3) is 15.9 Å². The van der Waals surface area contributed by atoms with Gasteiger partial charge in [0.1, 0.15) is 10.6 Å². The molecule has 2 aromatic rings. The number of carbonyl (C=O) groups is 1. The number of halogens is 1. The summed E-state index contributed by atoms with van der Waals surface area (Å²) >= 11 is 5.93. The van der Waals surface area contributed by atoms with Gasteiger partial charge in [0.2, 0.25) is 0 Å². The molecule has 0 bridgehead atoms. The first-order valence-corrected chi connectivity index (χ1v) is 9.90. The van der Waals surface area contributed by atoms with Crippen molar-refractivity contribution in [3.05, 3.63) is 53.1 Å². The Labute approximate surface area is 158 Å². The predicted molar refractivity (Wildman–Crippen MR) is 102 cm³/mol. The number of para-hydroxylation sites is 1. The third-order valence-electron chi connectivity index (χ3n) is 3.82. The van der Waals surface area contributed by atoms with E-state index >= 15 is 0 Å². The first-order chi connectivity index (χ1) is 12.3. The van der Waals surface area contributed by atoms with Crippen molar-refractivity contribution in [3.8, 4) is 5.75 Å². The number of rotatable bonds is 7. The second-order valence-corrected chi connectivity index (χ2v) is 7.82. The zero-order chi connectivity index (χ0) is 19.3. The summed E-state index contributed by atoms with van der Waals surface area (Å²) < 4.78 is 33.2. The van der Waals surface area contributed by atoms with E-state index in [9.17, 15) is 13.2 Å². The van der Waals surface area contributed by atoms with Gasteiger partial charge in [-0.1, -0.05) is 30.7 Å². The summed E-state index contributed by atoms with van der Waals surface area (Å²) in [5.74, 6) is -0.195. The molecule has 2 rings (SSSR count). The minimum atomic E-state index is -4.01. The molecule has 0 heterocycles. The fourth-order valence-electron chi connectivity index (χ4n) is 2.23. The largest absolute Gasteiger partial charge is 0.495 e. The molecule has 2 aromatic carbocycles. The van der Waals surface area contributed by atoms with Crippen molar-refractivity contribution in [1.29, 1.82) is 0 Å². The number of hydrogen-bond donors (Lipinski definition) is 2. The van der Waals surface area contributed by atoms with Gasteiger partial charge in [-0.15, -0.1) is 0 Å². The van der Waals surface area contributed by atoms with E-state index in [1.165, 1.54) is 31.4 Å². The van der Waals surface area contributed by atoms with E-state index in [0.717, 1.165) is 6.42 Å². The summed E-state index contributed by atoms with van der Waals surface area (Å²) in [6, 6.07) is 10.7. The van der Waals surface area contributed by atoms with Crippen LogP contribution in [0.1, 0.15) is 30.6 Å². The molecule has 0 radical (unpaired) electrons. The Bertz CT molecular complexity index is 900. The summed E-state index contributed by atoms with van der Waals surface area (Å²) in [7, 11) is -2.64. The molecule has 0 spiro atoms. The van der Waals surface area contributed by atoms with Gasteiger partial charge in [0, 0.05) is 11.1 Å². The van der Waals surface area contributed by atoms with E-state index in [0.29, 0.717) is 0 Å². The van der Waals surface area contributed by atoms with E-state index in [1.807, 2.05) is 13.8 Å². The minimum absolute atomic E-state index is 0.0276. The number of amides is 1. The fourth-order valence-corrected chi connectivity index (χ4v) is 3.75. The number of sulfonamides is 1. The maximum absolute atomic E-state index is 12.8. The van der Waals surface area contributed by atoms with Crippen LogP contribution in [0.25, 0.3) is 0 Å². The molecule has 0 aromatic heterocycles. The van der Waals surface area contributed by atoms with Gasteiger partial charge >= 0.3 is 0 Å². The maximum Gasteiger partial charge on any atom is 0.265 e. The fraction of sp³-hybridized carbons (Fsp3) is 0.278. The standard InChI is InChI=1S/C18H21ClN2O4S/c1-4-12(2)20-18(22)14-7-5-6-8-15(14)21-26(23,24)17-11-13(19)9-10-16(17)25-3/h5-12,21H,4H2,1-3H3,(H,20,22). The molecule has 0 aliphatic rings. The van der Waals surface area contributed by atoms with Crippen LogP contribution in [0.4, 0.5) is 5.69 Å². The highest BCUT2D eigenvalue weighted by Crippen LogP contribution is 2.29. The average Bonchev–Trinajstić information content (AvgIpc) is 2.61. The lowest BCUT2D eigenvalue weighted by Crippen LogP contribution is -2.32. The molecule has 1 unspecified atom stereocenters. The molecule has 1 atom stereocenters. The van der Waals surface area contributed by atoms with Crippen LogP contribution in [0.2, 0.25) is 5.02 Å². The van der Waals surface area contributed by atoms with E-state index < -0.39 is 10.0 Å². The highest BCUT2D eigenvalue weighted by atomic mass is 35.5. The second-order valence-electron chi connectivity index (χ2n) is 5.73.